The van der Waals surface area contributed by atoms with Crippen molar-refractivity contribution in [2.24, 2.45) is 0 Å². The van der Waals surface area contributed by atoms with E-state index in [1.54, 1.807) is 7.11 Å². The van der Waals surface area contributed by atoms with Crippen LogP contribution in [0.2, 0.25) is 0 Å². The van der Waals surface area contributed by atoms with Crippen molar-refractivity contribution in [3.8, 4) is 5.75 Å². The fourth-order valence-corrected chi connectivity index (χ4v) is 2.08. The molecule has 0 atom stereocenters. The van der Waals surface area contributed by atoms with Gasteiger partial charge in [0.15, 0.2) is 5.78 Å². The normalized spacial score (nSPS) is 17.1. The van der Waals surface area contributed by atoms with E-state index in [1.165, 1.54) is 5.92 Å². The first-order chi connectivity index (χ1) is 10.8. The van der Waals surface area contributed by atoms with Crippen LogP contribution in [0.1, 0.15) is 23.2 Å². The Hall–Kier alpha value is -0.791. The van der Waals surface area contributed by atoms with Crippen LogP contribution in [0.15, 0.2) is 24.3 Å². The standard InChI is InChI=1S/C15H15O2.C5H5.Fe/c1-17-14-9-7-13(8-10-14)15(16)11-6-12-4-2-3-5-12;1-2-4-5-3-1;/h2-5,7-10H,6,11H2,1H3;1-5H;/q;;+2. The smallest absolute Gasteiger partial charge is 0.497 e. The van der Waals surface area contributed by atoms with Crippen LogP contribution in [0, 0.1) is 63.7 Å². The summed E-state index contributed by atoms with van der Waals surface area (Å²) >= 11 is 0. The van der Waals surface area contributed by atoms with Crippen LogP contribution in [-0.2, 0) is 17.1 Å². The van der Waals surface area contributed by atoms with Crippen LogP contribution in [0.5, 0.6) is 5.75 Å². The van der Waals surface area contributed by atoms with E-state index in [2.05, 4.69) is 0 Å². The van der Waals surface area contributed by atoms with E-state index >= 15 is 0 Å². The van der Waals surface area contributed by atoms with Gasteiger partial charge in [-0.3, -0.25) is 4.79 Å². The third kappa shape index (κ3) is 7.54. The summed E-state index contributed by atoms with van der Waals surface area (Å²) in [5.41, 5.74) is 0.748. The van der Waals surface area contributed by atoms with Crippen molar-refractivity contribution in [2.75, 3.05) is 7.11 Å². The number of methoxy groups -OCH3 is 1. The first-order valence-corrected chi connectivity index (χ1v) is 7.34. The maximum atomic E-state index is 11.9. The molecular formula is C20H20FeO2+2. The van der Waals surface area contributed by atoms with Gasteiger partial charge in [-0.05, 0) is 94.4 Å². The van der Waals surface area contributed by atoms with E-state index in [0.29, 0.717) is 6.42 Å². The minimum absolute atomic E-state index is 0. The van der Waals surface area contributed by atoms with Crippen LogP contribution in [0.25, 0.3) is 0 Å². The first kappa shape index (κ1) is 20.3. The molecule has 0 aromatic heterocycles. The molecule has 0 saturated heterocycles. The van der Waals surface area contributed by atoms with Gasteiger partial charge < -0.3 is 4.74 Å². The number of rotatable bonds is 5. The molecule has 118 valence electrons. The third-order valence-corrected chi connectivity index (χ3v) is 3.34. The molecule has 10 radical (unpaired) electrons. The second-order valence-corrected chi connectivity index (χ2v) is 4.91. The summed E-state index contributed by atoms with van der Waals surface area (Å²) in [6.45, 7) is 0. The molecule has 0 spiro atoms. The Morgan fingerprint density at radius 1 is 0.870 bits per heavy atom. The Kier molecular flexibility index (Phi) is 10.3. The fourth-order valence-electron chi connectivity index (χ4n) is 2.08. The minimum Gasteiger partial charge on any atom is -0.497 e. The number of carbonyl (C=O) groups excluding carboxylic acids is 1. The molecule has 2 fully saturated rings. The predicted octanol–water partition coefficient (Wildman–Crippen LogP) is 4.08. The van der Waals surface area contributed by atoms with Crippen LogP contribution in [0.4, 0.5) is 0 Å². The maximum absolute atomic E-state index is 11.9. The van der Waals surface area contributed by atoms with Crippen LogP contribution in [-0.4, -0.2) is 12.9 Å². The molecule has 0 unspecified atom stereocenters. The Balaban J connectivity index is 0.000000377. The number of ether oxygens (including phenoxy) is 1. The van der Waals surface area contributed by atoms with Gasteiger partial charge in [0, 0.05) is 12.0 Å². The Morgan fingerprint density at radius 2 is 1.39 bits per heavy atom. The molecular weight excluding hydrogens is 328 g/mol. The number of Topliss-reactive ketones (excluding diaryl/α,β-unsaturated/α-hetero) is 1. The van der Waals surface area contributed by atoms with Crippen molar-refractivity contribution in [1.82, 2.24) is 0 Å². The van der Waals surface area contributed by atoms with E-state index in [4.69, 9.17) is 4.74 Å². The van der Waals surface area contributed by atoms with Crippen molar-refractivity contribution in [2.45, 2.75) is 12.8 Å². The summed E-state index contributed by atoms with van der Waals surface area (Å²) in [4.78, 5) is 11.9. The topological polar surface area (TPSA) is 26.3 Å². The molecule has 23 heavy (non-hydrogen) atoms. The number of benzene rings is 1. The van der Waals surface area contributed by atoms with Gasteiger partial charge in [-0.25, -0.2) is 0 Å². The summed E-state index contributed by atoms with van der Waals surface area (Å²) in [7, 11) is 1.62. The molecule has 2 saturated carbocycles. The molecule has 0 N–H and O–H groups in total. The molecule has 2 aliphatic carbocycles. The third-order valence-electron chi connectivity index (χ3n) is 3.34. The molecule has 0 bridgehead atoms. The summed E-state index contributed by atoms with van der Waals surface area (Å²) in [6.07, 6.45) is 19.4. The second kappa shape index (κ2) is 11.7. The summed E-state index contributed by atoms with van der Waals surface area (Å²) in [5, 5.41) is 0. The summed E-state index contributed by atoms with van der Waals surface area (Å²) < 4.78 is 5.06. The molecule has 1 aromatic rings. The van der Waals surface area contributed by atoms with Gasteiger partial charge in [-0.2, -0.15) is 0 Å². The quantitative estimate of drug-likeness (QED) is 0.592. The monoisotopic (exact) mass is 348 g/mol. The fraction of sp³-hybridized carbons (Fsp3) is 0.150. The van der Waals surface area contributed by atoms with Gasteiger partial charge in [-0.15, -0.1) is 0 Å². The molecule has 1 aromatic carbocycles. The van der Waals surface area contributed by atoms with Crippen LogP contribution >= 0.6 is 0 Å². The van der Waals surface area contributed by atoms with E-state index < -0.39 is 0 Å². The number of hydrogen-bond acceptors (Lipinski definition) is 2. The SMILES string of the molecule is COc1ccc(C(=O)CC[C]2[CH][CH][CH][CH]2)cc1.[CH]1[CH][CH][CH][CH]1.[Fe+2]. The van der Waals surface area contributed by atoms with Gasteiger partial charge in [-0.1, -0.05) is 0 Å². The van der Waals surface area contributed by atoms with Crippen molar-refractivity contribution in [1.29, 1.82) is 0 Å². The van der Waals surface area contributed by atoms with Crippen LogP contribution < -0.4 is 4.74 Å². The molecule has 0 amide bonds. The molecule has 3 heteroatoms. The van der Waals surface area contributed by atoms with Crippen LogP contribution in [0.3, 0.4) is 0 Å². The molecule has 3 rings (SSSR count). The molecule has 0 heterocycles. The average molecular weight is 348 g/mol. The van der Waals surface area contributed by atoms with Crippen molar-refractivity contribution in [3.05, 3.63) is 93.5 Å². The van der Waals surface area contributed by atoms with E-state index in [-0.39, 0.29) is 22.9 Å². The predicted molar refractivity (Wildman–Crippen MR) is 88.5 cm³/mol. The molecule has 0 aliphatic heterocycles. The zero-order valence-electron chi connectivity index (χ0n) is 13.1. The Morgan fingerprint density at radius 3 is 1.87 bits per heavy atom. The first-order valence-electron chi connectivity index (χ1n) is 7.34. The second-order valence-electron chi connectivity index (χ2n) is 4.91. The van der Waals surface area contributed by atoms with E-state index in [1.807, 2.05) is 82.1 Å². The zero-order valence-corrected chi connectivity index (χ0v) is 14.2. The van der Waals surface area contributed by atoms with Gasteiger partial charge in [0.1, 0.15) is 5.75 Å². The number of ketones is 1. The molecule has 2 aliphatic rings. The number of carbonyl (C=O) groups is 1. The van der Waals surface area contributed by atoms with Crippen molar-refractivity contribution >= 4 is 5.78 Å². The van der Waals surface area contributed by atoms with Crippen molar-refractivity contribution in [3.63, 3.8) is 0 Å². The van der Waals surface area contributed by atoms with Crippen molar-refractivity contribution < 1.29 is 26.6 Å². The van der Waals surface area contributed by atoms with Gasteiger partial charge in [0.25, 0.3) is 0 Å². The van der Waals surface area contributed by atoms with E-state index in [0.717, 1.165) is 17.7 Å². The summed E-state index contributed by atoms with van der Waals surface area (Å²) in [6, 6.07) is 7.25. The summed E-state index contributed by atoms with van der Waals surface area (Å²) in [5.74, 6) is 2.17. The Bertz CT molecular complexity index is 424. The van der Waals surface area contributed by atoms with Gasteiger partial charge in [0.2, 0.25) is 0 Å². The largest absolute Gasteiger partial charge is 2.00 e. The Labute approximate surface area is 151 Å². The van der Waals surface area contributed by atoms with Gasteiger partial charge >= 0.3 is 17.1 Å². The maximum Gasteiger partial charge on any atom is 2.00 e. The average Bonchev–Trinajstić information content (AvgIpc) is 3.28. The minimum atomic E-state index is 0. The zero-order chi connectivity index (χ0) is 15.6. The van der Waals surface area contributed by atoms with E-state index in [9.17, 15) is 4.79 Å². The molecule has 2 nitrogen and oxygen atoms in total. The number of hydrogen-bond donors (Lipinski definition) is 0. The van der Waals surface area contributed by atoms with Gasteiger partial charge in [0.05, 0.1) is 7.11 Å².